The summed E-state index contributed by atoms with van der Waals surface area (Å²) in [5.74, 6) is -1.30. The molecule has 0 aliphatic rings. The molecule has 0 fully saturated rings. The number of aromatic carboxylic acids is 1. The molecule has 0 atom stereocenters. The van der Waals surface area contributed by atoms with Gasteiger partial charge in [-0.2, -0.15) is 0 Å². The van der Waals surface area contributed by atoms with Crippen molar-refractivity contribution in [2.75, 3.05) is 11.9 Å². The van der Waals surface area contributed by atoms with Crippen LogP contribution in [-0.2, 0) is 6.54 Å². The minimum atomic E-state index is -1.13. The largest absolute Gasteiger partial charge is 0.476 e. The van der Waals surface area contributed by atoms with E-state index < -0.39 is 11.9 Å². The highest BCUT2D eigenvalue weighted by molar-refractivity contribution is 5.98. The molecule has 0 spiro atoms. The SMILES string of the molecule is Cc1ccnc(NCCn2cc(C(=O)O)nn2)c1C(N)=O. The van der Waals surface area contributed by atoms with E-state index in [2.05, 4.69) is 20.6 Å². The van der Waals surface area contributed by atoms with Crippen molar-refractivity contribution in [2.24, 2.45) is 5.73 Å². The van der Waals surface area contributed by atoms with Crippen molar-refractivity contribution in [3.05, 3.63) is 35.3 Å². The lowest BCUT2D eigenvalue weighted by Crippen LogP contribution is -2.19. The Hall–Kier alpha value is -2.97. The first-order chi connectivity index (χ1) is 9.99. The van der Waals surface area contributed by atoms with Crippen LogP contribution in [0.4, 0.5) is 5.82 Å². The van der Waals surface area contributed by atoms with Crippen LogP contribution in [0.5, 0.6) is 0 Å². The zero-order valence-electron chi connectivity index (χ0n) is 11.3. The first-order valence-corrected chi connectivity index (χ1v) is 6.11. The number of amides is 1. The van der Waals surface area contributed by atoms with Crippen LogP contribution in [0.2, 0.25) is 0 Å². The number of rotatable bonds is 6. The smallest absolute Gasteiger partial charge is 0.358 e. The molecular formula is C12H14N6O3. The summed E-state index contributed by atoms with van der Waals surface area (Å²) in [5, 5.41) is 18.9. The van der Waals surface area contributed by atoms with E-state index in [0.717, 1.165) is 5.56 Å². The average molecular weight is 290 g/mol. The monoisotopic (exact) mass is 290 g/mol. The lowest BCUT2D eigenvalue weighted by molar-refractivity contribution is 0.0690. The molecule has 4 N–H and O–H groups in total. The summed E-state index contributed by atoms with van der Waals surface area (Å²) in [6.45, 7) is 2.52. The second kappa shape index (κ2) is 5.99. The fourth-order valence-electron chi connectivity index (χ4n) is 1.80. The normalized spacial score (nSPS) is 10.3. The van der Waals surface area contributed by atoms with Crippen LogP contribution < -0.4 is 11.1 Å². The molecule has 2 rings (SSSR count). The number of primary amides is 1. The molecule has 0 saturated carbocycles. The van der Waals surface area contributed by atoms with Gasteiger partial charge >= 0.3 is 5.97 Å². The van der Waals surface area contributed by atoms with Gasteiger partial charge in [0.15, 0.2) is 5.69 Å². The molecule has 9 heteroatoms. The van der Waals surface area contributed by atoms with Crippen LogP contribution >= 0.6 is 0 Å². The lowest BCUT2D eigenvalue weighted by Gasteiger charge is -2.10. The molecule has 0 aliphatic heterocycles. The number of carbonyl (C=O) groups excluding carboxylic acids is 1. The van der Waals surface area contributed by atoms with Gasteiger partial charge in [0.05, 0.1) is 18.3 Å². The zero-order valence-corrected chi connectivity index (χ0v) is 11.3. The minimum Gasteiger partial charge on any atom is -0.476 e. The molecular weight excluding hydrogens is 276 g/mol. The standard InChI is InChI=1S/C12H14N6O3/c1-7-2-3-14-11(9(7)10(13)19)15-4-5-18-6-8(12(20)21)16-17-18/h2-3,6H,4-5H2,1H3,(H2,13,19)(H,14,15)(H,20,21). The highest BCUT2D eigenvalue weighted by Gasteiger charge is 2.12. The van der Waals surface area contributed by atoms with Crippen molar-refractivity contribution >= 4 is 17.7 Å². The lowest BCUT2D eigenvalue weighted by atomic mass is 10.1. The van der Waals surface area contributed by atoms with E-state index in [1.165, 1.54) is 10.9 Å². The Balaban J connectivity index is 2.02. The Labute approximate surface area is 119 Å². The number of aryl methyl sites for hydroxylation is 1. The summed E-state index contributed by atoms with van der Waals surface area (Å²) < 4.78 is 1.39. The van der Waals surface area contributed by atoms with E-state index >= 15 is 0 Å². The molecule has 1 amide bonds. The molecule has 21 heavy (non-hydrogen) atoms. The molecule has 0 aromatic carbocycles. The van der Waals surface area contributed by atoms with Crippen molar-refractivity contribution in [1.82, 2.24) is 20.0 Å². The number of nitrogens with two attached hydrogens (primary N) is 1. The number of carbonyl (C=O) groups is 2. The quantitative estimate of drug-likeness (QED) is 0.675. The first kappa shape index (κ1) is 14.4. The van der Waals surface area contributed by atoms with Crippen molar-refractivity contribution in [3.8, 4) is 0 Å². The van der Waals surface area contributed by atoms with Crippen LogP contribution in [0.1, 0.15) is 26.4 Å². The number of nitrogens with zero attached hydrogens (tertiary/aromatic N) is 4. The minimum absolute atomic E-state index is 0.124. The predicted octanol–water partition coefficient (Wildman–Crippen LogP) is -0.109. The molecule has 2 heterocycles. The highest BCUT2D eigenvalue weighted by Crippen LogP contribution is 2.15. The number of aromatic nitrogens is 4. The number of carboxylic acid groups (broad SMARTS) is 1. The van der Waals surface area contributed by atoms with Crippen molar-refractivity contribution in [2.45, 2.75) is 13.5 Å². The Morgan fingerprint density at radius 3 is 2.86 bits per heavy atom. The first-order valence-electron chi connectivity index (χ1n) is 6.11. The molecule has 110 valence electrons. The molecule has 0 saturated heterocycles. The van der Waals surface area contributed by atoms with Crippen LogP contribution in [0.25, 0.3) is 0 Å². The summed E-state index contributed by atoms with van der Waals surface area (Å²) in [4.78, 5) is 26.2. The van der Waals surface area contributed by atoms with Crippen molar-refractivity contribution < 1.29 is 14.7 Å². The van der Waals surface area contributed by atoms with Gasteiger partial charge in [0, 0.05) is 12.7 Å². The summed E-state index contributed by atoms with van der Waals surface area (Å²) in [7, 11) is 0. The number of anilines is 1. The van der Waals surface area contributed by atoms with E-state index in [0.29, 0.717) is 24.5 Å². The van der Waals surface area contributed by atoms with Gasteiger partial charge in [-0.05, 0) is 18.6 Å². The highest BCUT2D eigenvalue weighted by atomic mass is 16.4. The molecule has 0 unspecified atom stereocenters. The Kier molecular flexibility index (Phi) is 4.12. The fraction of sp³-hybridized carbons (Fsp3) is 0.250. The van der Waals surface area contributed by atoms with Gasteiger partial charge in [-0.15, -0.1) is 5.10 Å². The van der Waals surface area contributed by atoms with Gasteiger partial charge in [-0.3, -0.25) is 4.79 Å². The maximum absolute atomic E-state index is 11.4. The Morgan fingerprint density at radius 2 is 2.24 bits per heavy atom. The summed E-state index contributed by atoms with van der Waals surface area (Å²) in [6.07, 6.45) is 2.89. The van der Waals surface area contributed by atoms with Gasteiger partial charge in [-0.25, -0.2) is 14.5 Å². The average Bonchev–Trinajstić information content (AvgIpc) is 2.87. The summed E-state index contributed by atoms with van der Waals surface area (Å²) in [6, 6.07) is 1.70. The van der Waals surface area contributed by atoms with Gasteiger partial charge in [0.1, 0.15) is 5.82 Å². The van der Waals surface area contributed by atoms with Crippen molar-refractivity contribution in [3.63, 3.8) is 0 Å². The summed E-state index contributed by atoms with van der Waals surface area (Å²) >= 11 is 0. The van der Waals surface area contributed by atoms with Gasteiger partial charge in [-0.1, -0.05) is 5.21 Å². The van der Waals surface area contributed by atoms with Gasteiger partial charge in [0.2, 0.25) is 0 Å². The number of nitrogens with one attached hydrogen (secondary N) is 1. The van der Waals surface area contributed by atoms with Crippen LogP contribution in [0.3, 0.4) is 0 Å². The van der Waals surface area contributed by atoms with Crippen molar-refractivity contribution in [1.29, 1.82) is 0 Å². The molecule has 0 radical (unpaired) electrons. The maximum Gasteiger partial charge on any atom is 0.358 e. The van der Waals surface area contributed by atoms with E-state index in [4.69, 9.17) is 10.8 Å². The van der Waals surface area contributed by atoms with E-state index in [9.17, 15) is 9.59 Å². The van der Waals surface area contributed by atoms with Crippen LogP contribution in [-0.4, -0.2) is 43.5 Å². The van der Waals surface area contributed by atoms with E-state index in [1.807, 2.05) is 0 Å². The second-order valence-corrected chi connectivity index (χ2v) is 4.31. The third-order valence-corrected chi connectivity index (χ3v) is 2.80. The van der Waals surface area contributed by atoms with Gasteiger partial charge in [0.25, 0.3) is 5.91 Å². The third-order valence-electron chi connectivity index (χ3n) is 2.80. The zero-order chi connectivity index (χ0) is 15.4. The Morgan fingerprint density at radius 1 is 1.48 bits per heavy atom. The predicted molar refractivity (Wildman–Crippen MR) is 73.0 cm³/mol. The molecule has 9 nitrogen and oxygen atoms in total. The van der Waals surface area contributed by atoms with Crippen LogP contribution in [0.15, 0.2) is 18.5 Å². The van der Waals surface area contributed by atoms with E-state index in [1.54, 1.807) is 19.2 Å². The second-order valence-electron chi connectivity index (χ2n) is 4.31. The van der Waals surface area contributed by atoms with Crippen LogP contribution in [0, 0.1) is 6.92 Å². The molecule has 2 aromatic heterocycles. The number of hydrogen-bond donors (Lipinski definition) is 3. The number of carboxylic acids is 1. The van der Waals surface area contributed by atoms with Gasteiger partial charge < -0.3 is 16.2 Å². The molecule has 0 aliphatic carbocycles. The summed E-state index contributed by atoms with van der Waals surface area (Å²) in [5.41, 5.74) is 6.27. The topological polar surface area (TPSA) is 136 Å². The number of hydrogen-bond acceptors (Lipinski definition) is 6. The fourth-order valence-corrected chi connectivity index (χ4v) is 1.80. The van der Waals surface area contributed by atoms with E-state index in [-0.39, 0.29) is 5.69 Å². The maximum atomic E-state index is 11.4. The molecule has 2 aromatic rings. The number of pyridine rings is 1. The molecule has 0 bridgehead atoms. The third kappa shape index (κ3) is 3.32. The Bertz CT molecular complexity index is 681.